The second-order valence-corrected chi connectivity index (χ2v) is 9.49. The van der Waals surface area contributed by atoms with Crippen LogP contribution in [0.3, 0.4) is 0 Å². The van der Waals surface area contributed by atoms with Gasteiger partial charge in [-0.2, -0.15) is 0 Å². The van der Waals surface area contributed by atoms with Gasteiger partial charge in [0.1, 0.15) is 12.6 Å². The molecule has 0 saturated carbocycles. The zero-order valence-electron chi connectivity index (χ0n) is 19.7. The zero-order chi connectivity index (χ0) is 20.3. The lowest BCUT2D eigenvalue weighted by atomic mass is 10.0. The van der Waals surface area contributed by atoms with Crippen molar-refractivity contribution in [1.29, 1.82) is 0 Å². The average Bonchev–Trinajstić information content (AvgIpc) is 3.13. The topological polar surface area (TPSA) is 18.5 Å². The maximum atomic E-state index is 5.91. The fourth-order valence-corrected chi connectivity index (χ4v) is 4.58. The second kappa shape index (κ2) is 17.7. The summed E-state index contributed by atoms with van der Waals surface area (Å²) in [6.07, 6.45) is 22.7. The maximum absolute atomic E-state index is 5.91. The molecule has 1 fully saturated rings. The summed E-state index contributed by atoms with van der Waals surface area (Å²) < 4.78 is 12.7. The van der Waals surface area contributed by atoms with Gasteiger partial charge in [0.25, 0.3) is 0 Å². The highest BCUT2D eigenvalue weighted by Crippen LogP contribution is 2.18. The monoisotopic (exact) mass is 398 g/mol. The molecule has 1 atom stereocenters. The van der Waals surface area contributed by atoms with Crippen molar-refractivity contribution in [2.24, 2.45) is 0 Å². The number of likely N-dealkylation sites (N-methyl/N-ethyl adjacent to an activating group) is 1. The number of nitrogens with zero attached hydrogens (tertiary/aromatic N) is 1. The van der Waals surface area contributed by atoms with Crippen molar-refractivity contribution in [3.63, 3.8) is 0 Å². The van der Waals surface area contributed by atoms with Crippen LogP contribution in [-0.4, -0.2) is 57.6 Å². The minimum Gasteiger partial charge on any atom is -0.379 e. The molecule has 1 rings (SSSR count). The van der Waals surface area contributed by atoms with Crippen LogP contribution in [0.15, 0.2) is 0 Å². The van der Waals surface area contributed by atoms with Crippen LogP contribution in [-0.2, 0) is 9.47 Å². The van der Waals surface area contributed by atoms with Crippen molar-refractivity contribution in [3.05, 3.63) is 0 Å². The minimum atomic E-state index is 0.259. The Kier molecular flexibility index (Phi) is 16.4. The molecule has 1 aliphatic rings. The molecule has 1 heterocycles. The van der Waals surface area contributed by atoms with E-state index in [1.165, 1.54) is 120 Å². The van der Waals surface area contributed by atoms with Gasteiger partial charge in [-0.25, -0.2) is 0 Å². The van der Waals surface area contributed by atoms with E-state index >= 15 is 0 Å². The fraction of sp³-hybridized carbons (Fsp3) is 1.00. The Morgan fingerprint density at radius 3 is 1.64 bits per heavy atom. The number of ether oxygens (including phenoxy) is 2. The van der Waals surface area contributed by atoms with Gasteiger partial charge in [-0.1, -0.05) is 90.4 Å². The third-order valence-electron chi connectivity index (χ3n) is 6.57. The molecule has 1 aliphatic heterocycles. The standard InChI is InChI=1S/C25H52NO2/c1-4-5-6-7-8-9-10-11-12-13-14-15-16-19-22-28-24-25(27-3)23-26(2)20-17-18-21-26/h25H,4-24H2,1-3H3/q+1. The van der Waals surface area contributed by atoms with E-state index in [0.29, 0.717) is 0 Å². The van der Waals surface area contributed by atoms with E-state index < -0.39 is 0 Å². The highest BCUT2D eigenvalue weighted by atomic mass is 16.5. The first-order chi connectivity index (χ1) is 13.7. The SMILES string of the molecule is CCCCCCCCCCCCCCCCOCC(C[N+]1(C)CCCC1)OC. The fourth-order valence-electron chi connectivity index (χ4n) is 4.58. The minimum absolute atomic E-state index is 0.259. The van der Waals surface area contributed by atoms with Gasteiger partial charge in [0.15, 0.2) is 0 Å². The summed E-state index contributed by atoms with van der Waals surface area (Å²) in [5.41, 5.74) is 0. The molecule has 1 saturated heterocycles. The number of quaternary nitrogens is 1. The number of unbranched alkanes of at least 4 members (excludes halogenated alkanes) is 13. The first-order valence-corrected chi connectivity index (χ1v) is 12.6. The van der Waals surface area contributed by atoms with Crippen LogP contribution < -0.4 is 0 Å². The number of hydrogen-bond donors (Lipinski definition) is 0. The molecule has 1 unspecified atom stereocenters. The molecular weight excluding hydrogens is 346 g/mol. The van der Waals surface area contributed by atoms with Crippen molar-refractivity contribution >= 4 is 0 Å². The Hall–Kier alpha value is -0.120. The normalized spacial score (nSPS) is 17.2. The molecule has 3 heteroatoms. The van der Waals surface area contributed by atoms with Crippen molar-refractivity contribution in [2.75, 3.05) is 47.0 Å². The van der Waals surface area contributed by atoms with Gasteiger partial charge >= 0.3 is 0 Å². The van der Waals surface area contributed by atoms with Crippen LogP contribution in [0.1, 0.15) is 110 Å². The van der Waals surface area contributed by atoms with Crippen LogP contribution in [0.25, 0.3) is 0 Å². The summed E-state index contributed by atoms with van der Waals surface area (Å²) in [6.45, 7) is 7.68. The van der Waals surface area contributed by atoms with E-state index in [0.717, 1.165) is 19.8 Å². The number of methoxy groups -OCH3 is 1. The van der Waals surface area contributed by atoms with E-state index in [-0.39, 0.29) is 6.10 Å². The molecule has 168 valence electrons. The quantitative estimate of drug-likeness (QED) is 0.167. The molecule has 3 nitrogen and oxygen atoms in total. The van der Waals surface area contributed by atoms with Gasteiger partial charge in [-0.05, 0) is 6.42 Å². The van der Waals surface area contributed by atoms with Crippen molar-refractivity contribution < 1.29 is 14.0 Å². The second-order valence-electron chi connectivity index (χ2n) is 9.49. The average molecular weight is 399 g/mol. The highest BCUT2D eigenvalue weighted by Gasteiger charge is 2.30. The largest absolute Gasteiger partial charge is 0.379 e. The van der Waals surface area contributed by atoms with Gasteiger partial charge < -0.3 is 14.0 Å². The van der Waals surface area contributed by atoms with Crippen molar-refractivity contribution in [3.8, 4) is 0 Å². The third-order valence-corrected chi connectivity index (χ3v) is 6.57. The van der Waals surface area contributed by atoms with Crippen LogP contribution in [0.2, 0.25) is 0 Å². The molecule has 0 aliphatic carbocycles. The van der Waals surface area contributed by atoms with E-state index in [1.807, 2.05) is 7.11 Å². The first-order valence-electron chi connectivity index (χ1n) is 12.6. The molecule has 0 radical (unpaired) electrons. The van der Waals surface area contributed by atoms with E-state index in [9.17, 15) is 0 Å². The van der Waals surface area contributed by atoms with Crippen LogP contribution in [0, 0.1) is 0 Å². The maximum Gasteiger partial charge on any atom is 0.129 e. The lowest BCUT2D eigenvalue weighted by Crippen LogP contribution is -2.48. The Balaban J connectivity index is 1.80. The highest BCUT2D eigenvalue weighted by molar-refractivity contribution is 4.60. The van der Waals surface area contributed by atoms with Crippen LogP contribution >= 0.6 is 0 Å². The van der Waals surface area contributed by atoms with Crippen LogP contribution in [0.5, 0.6) is 0 Å². The Labute approximate surface area is 177 Å². The van der Waals surface area contributed by atoms with Crippen LogP contribution in [0.4, 0.5) is 0 Å². The van der Waals surface area contributed by atoms with Gasteiger partial charge in [-0.3, -0.25) is 0 Å². The van der Waals surface area contributed by atoms with Gasteiger partial charge in [0, 0.05) is 26.6 Å². The smallest absolute Gasteiger partial charge is 0.129 e. The molecule has 0 aromatic rings. The summed E-state index contributed by atoms with van der Waals surface area (Å²) in [6, 6.07) is 0. The van der Waals surface area contributed by atoms with Crippen molar-refractivity contribution in [1.82, 2.24) is 0 Å². The van der Waals surface area contributed by atoms with Gasteiger partial charge in [0.2, 0.25) is 0 Å². The lowest BCUT2D eigenvalue weighted by Gasteiger charge is -2.32. The van der Waals surface area contributed by atoms with E-state index in [1.54, 1.807) is 0 Å². The number of likely N-dealkylation sites (tertiary alicyclic amines) is 1. The predicted octanol–water partition coefficient (Wildman–Crippen LogP) is 6.74. The Morgan fingerprint density at radius 1 is 0.714 bits per heavy atom. The summed E-state index contributed by atoms with van der Waals surface area (Å²) in [7, 11) is 4.20. The van der Waals surface area contributed by atoms with Gasteiger partial charge in [-0.15, -0.1) is 0 Å². The third kappa shape index (κ3) is 14.0. The first kappa shape index (κ1) is 25.9. The Bertz CT molecular complexity index is 329. The summed E-state index contributed by atoms with van der Waals surface area (Å²) in [5.74, 6) is 0. The molecule has 0 bridgehead atoms. The summed E-state index contributed by atoms with van der Waals surface area (Å²) in [5, 5.41) is 0. The van der Waals surface area contributed by atoms with Gasteiger partial charge in [0.05, 0.1) is 26.7 Å². The molecular formula is C25H52NO2+. The molecule has 28 heavy (non-hydrogen) atoms. The summed E-state index contributed by atoms with van der Waals surface area (Å²) in [4.78, 5) is 0. The number of rotatable bonds is 20. The molecule has 0 N–H and O–H groups in total. The van der Waals surface area contributed by atoms with E-state index in [2.05, 4.69) is 14.0 Å². The van der Waals surface area contributed by atoms with E-state index in [4.69, 9.17) is 9.47 Å². The molecule has 0 aromatic heterocycles. The molecule has 0 amide bonds. The Morgan fingerprint density at radius 2 is 1.18 bits per heavy atom. The molecule has 0 aromatic carbocycles. The zero-order valence-corrected chi connectivity index (χ0v) is 19.7. The number of hydrogen-bond acceptors (Lipinski definition) is 2. The molecule has 0 spiro atoms. The lowest BCUT2D eigenvalue weighted by molar-refractivity contribution is -0.900. The summed E-state index contributed by atoms with van der Waals surface area (Å²) >= 11 is 0. The predicted molar refractivity (Wildman–Crippen MR) is 122 cm³/mol. The van der Waals surface area contributed by atoms with Crippen molar-refractivity contribution in [2.45, 2.75) is 116 Å².